The van der Waals surface area contributed by atoms with Gasteiger partial charge in [-0.3, -0.25) is 0 Å². The highest BCUT2D eigenvalue weighted by atomic mass is 16.5. The zero-order valence-corrected chi connectivity index (χ0v) is 8.94. The van der Waals surface area contributed by atoms with Crippen molar-refractivity contribution < 1.29 is 4.74 Å². The number of methoxy groups -OCH3 is 1. The SMILES string of the molecule is COC1CCC(Nc2cccnc2N)C1. The van der Waals surface area contributed by atoms with Crippen LogP contribution in [0.1, 0.15) is 19.3 Å². The van der Waals surface area contributed by atoms with Crippen molar-refractivity contribution >= 4 is 11.5 Å². The molecule has 1 aliphatic rings. The Bertz CT molecular complexity index is 329. The van der Waals surface area contributed by atoms with Crippen molar-refractivity contribution in [2.45, 2.75) is 31.4 Å². The Hall–Kier alpha value is -1.29. The van der Waals surface area contributed by atoms with Crippen LogP contribution in [0.5, 0.6) is 0 Å². The van der Waals surface area contributed by atoms with Crippen molar-refractivity contribution in [3.63, 3.8) is 0 Å². The third-order valence-electron chi connectivity index (χ3n) is 2.92. The highest BCUT2D eigenvalue weighted by molar-refractivity contribution is 5.61. The van der Waals surface area contributed by atoms with Crippen LogP contribution < -0.4 is 11.1 Å². The van der Waals surface area contributed by atoms with Crippen LogP contribution in [0.15, 0.2) is 18.3 Å². The molecule has 1 aromatic heterocycles. The average Bonchev–Trinajstić information content (AvgIpc) is 2.69. The number of nitrogens with zero attached hydrogens (tertiary/aromatic N) is 1. The Balaban J connectivity index is 1.96. The summed E-state index contributed by atoms with van der Waals surface area (Å²) < 4.78 is 5.32. The molecule has 2 rings (SSSR count). The zero-order chi connectivity index (χ0) is 10.7. The summed E-state index contributed by atoms with van der Waals surface area (Å²) in [7, 11) is 1.77. The first kappa shape index (κ1) is 10.2. The lowest BCUT2D eigenvalue weighted by atomic mass is 10.2. The van der Waals surface area contributed by atoms with Gasteiger partial charge in [0.2, 0.25) is 0 Å². The maximum atomic E-state index is 5.76. The van der Waals surface area contributed by atoms with E-state index in [2.05, 4.69) is 10.3 Å². The molecule has 0 spiro atoms. The molecule has 15 heavy (non-hydrogen) atoms. The fourth-order valence-electron chi connectivity index (χ4n) is 2.04. The maximum Gasteiger partial charge on any atom is 0.146 e. The minimum absolute atomic E-state index is 0.389. The highest BCUT2D eigenvalue weighted by Crippen LogP contribution is 2.26. The molecule has 0 radical (unpaired) electrons. The molecule has 0 amide bonds. The van der Waals surface area contributed by atoms with Crippen LogP contribution in [0.4, 0.5) is 11.5 Å². The molecule has 4 nitrogen and oxygen atoms in total. The van der Waals surface area contributed by atoms with Crippen LogP contribution in [0, 0.1) is 0 Å². The number of hydrogen-bond acceptors (Lipinski definition) is 4. The Kier molecular flexibility index (Phi) is 3.06. The van der Waals surface area contributed by atoms with E-state index < -0.39 is 0 Å². The van der Waals surface area contributed by atoms with E-state index >= 15 is 0 Å². The standard InChI is InChI=1S/C11H17N3O/c1-15-9-5-4-8(7-9)14-10-3-2-6-13-11(10)12/h2-3,6,8-9,14H,4-5,7H2,1H3,(H2,12,13). The van der Waals surface area contributed by atoms with Crippen molar-refractivity contribution in [2.75, 3.05) is 18.2 Å². The second-order valence-corrected chi connectivity index (χ2v) is 3.95. The molecule has 0 bridgehead atoms. The first-order valence-corrected chi connectivity index (χ1v) is 5.29. The second kappa shape index (κ2) is 4.49. The third kappa shape index (κ3) is 2.39. The van der Waals surface area contributed by atoms with Crippen LogP contribution in [0.3, 0.4) is 0 Å². The lowest BCUT2D eigenvalue weighted by molar-refractivity contribution is 0.108. The Morgan fingerprint density at radius 1 is 1.53 bits per heavy atom. The lowest BCUT2D eigenvalue weighted by Gasteiger charge is -2.15. The molecule has 4 heteroatoms. The molecule has 0 aliphatic heterocycles. The predicted octanol–water partition coefficient (Wildman–Crippen LogP) is 1.64. The molecular formula is C11H17N3O. The number of pyridine rings is 1. The molecule has 2 atom stereocenters. The molecular weight excluding hydrogens is 190 g/mol. The van der Waals surface area contributed by atoms with Gasteiger partial charge in [0.1, 0.15) is 5.82 Å². The fourth-order valence-corrected chi connectivity index (χ4v) is 2.04. The minimum Gasteiger partial charge on any atom is -0.382 e. The molecule has 1 fully saturated rings. The summed E-state index contributed by atoms with van der Waals surface area (Å²) in [5.41, 5.74) is 6.69. The van der Waals surface area contributed by atoms with E-state index in [-0.39, 0.29) is 0 Å². The number of hydrogen-bond donors (Lipinski definition) is 2. The van der Waals surface area contributed by atoms with E-state index in [9.17, 15) is 0 Å². The highest BCUT2D eigenvalue weighted by Gasteiger charge is 2.24. The number of anilines is 2. The summed E-state index contributed by atoms with van der Waals surface area (Å²) in [6.07, 6.45) is 5.39. The molecule has 3 N–H and O–H groups in total. The van der Waals surface area contributed by atoms with Crippen LogP contribution >= 0.6 is 0 Å². The first-order valence-electron chi connectivity index (χ1n) is 5.29. The van der Waals surface area contributed by atoms with Crippen LogP contribution in [0.2, 0.25) is 0 Å². The molecule has 2 unspecified atom stereocenters. The minimum atomic E-state index is 0.389. The van der Waals surface area contributed by atoms with Crippen molar-refractivity contribution in [1.82, 2.24) is 4.98 Å². The van der Waals surface area contributed by atoms with Gasteiger partial charge in [-0.05, 0) is 31.4 Å². The van der Waals surface area contributed by atoms with Gasteiger partial charge >= 0.3 is 0 Å². The summed E-state index contributed by atoms with van der Waals surface area (Å²) in [6.45, 7) is 0. The quantitative estimate of drug-likeness (QED) is 0.791. The summed E-state index contributed by atoms with van der Waals surface area (Å²) in [5, 5.41) is 3.41. The molecule has 1 aliphatic carbocycles. The van der Waals surface area contributed by atoms with Crippen molar-refractivity contribution in [1.29, 1.82) is 0 Å². The second-order valence-electron chi connectivity index (χ2n) is 3.95. The monoisotopic (exact) mass is 207 g/mol. The smallest absolute Gasteiger partial charge is 0.146 e. The van der Waals surface area contributed by atoms with Gasteiger partial charge in [0.05, 0.1) is 11.8 Å². The largest absolute Gasteiger partial charge is 0.382 e. The molecule has 1 saturated carbocycles. The van der Waals surface area contributed by atoms with Crippen LogP contribution in [0.25, 0.3) is 0 Å². The van der Waals surface area contributed by atoms with E-state index in [1.54, 1.807) is 13.3 Å². The number of ether oxygens (including phenoxy) is 1. The van der Waals surface area contributed by atoms with Crippen LogP contribution in [-0.2, 0) is 4.74 Å². The summed E-state index contributed by atoms with van der Waals surface area (Å²) >= 11 is 0. The van der Waals surface area contributed by atoms with E-state index in [0.717, 1.165) is 24.9 Å². The van der Waals surface area contributed by atoms with E-state index in [0.29, 0.717) is 18.0 Å². The van der Waals surface area contributed by atoms with Gasteiger partial charge in [-0.2, -0.15) is 0 Å². The van der Waals surface area contributed by atoms with Gasteiger partial charge in [0, 0.05) is 19.3 Å². The normalized spacial score (nSPS) is 25.4. The number of nitrogens with one attached hydrogen (secondary N) is 1. The topological polar surface area (TPSA) is 60.2 Å². The van der Waals surface area contributed by atoms with Gasteiger partial charge in [-0.25, -0.2) is 4.98 Å². The Morgan fingerprint density at radius 2 is 2.40 bits per heavy atom. The molecule has 1 heterocycles. The number of nitrogens with two attached hydrogens (primary N) is 1. The number of aromatic nitrogens is 1. The van der Waals surface area contributed by atoms with Gasteiger partial charge < -0.3 is 15.8 Å². The van der Waals surface area contributed by atoms with E-state index in [4.69, 9.17) is 10.5 Å². The van der Waals surface area contributed by atoms with Gasteiger partial charge in [-0.1, -0.05) is 0 Å². The summed E-state index contributed by atoms with van der Waals surface area (Å²) in [6, 6.07) is 4.31. The first-order chi connectivity index (χ1) is 7.29. The number of nitrogen functional groups attached to an aromatic ring is 1. The molecule has 0 aromatic carbocycles. The van der Waals surface area contributed by atoms with E-state index in [1.807, 2.05) is 12.1 Å². The molecule has 0 saturated heterocycles. The summed E-state index contributed by atoms with van der Waals surface area (Å²) in [5.74, 6) is 0.568. The van der Waals surface area contributed by atoms with Gasteiger partial charge in [0.25, 0.3) is 0 Å². The maximum absolute atomic E-state index is 5.76. The Morgan fingerprint density at radius 3 is 3.07 bits per heavy atom. The molecule has 1 aromatic rings. The third-order valence-corrected chi connectivity index (χ3v) is 2.92. The summed E-state index contributed by atoms with van der Waals surface area (Å²) in [4.78, 5) is 4.04. The average molecular weight is 207 g/mol. The van der Waals surface area contributed by atoms with Gasteiger partial charge in [0.15, 0.2) is 0 Å². The van der Waals surface area contributed by atoms with Gasteiger partial charge in [-0.15, -0.1) is 0 Å². The van der Waals surface area contributed by atoms with Crippen LogP contribution in [-0.4, -0.2) is 24.2 Å². The zero-order valence-electron chi connectivity index (χ0n) is 8.94. The fraction of sp³-hybridized carbons (Fsp3) is 0.545. The predicted molar refractivity (Wildman–Crippen MR) is 60.7 cm³/mol. The van der Waals surface area contributed by atoms with Crippen molar-refractivity contribution in [2.24, 2.45) is 0 Å². The molecule has 82 valence electrons. The lowest BCUT2D eigenvalue weighted by Crippen LogP contribution is -2.18. The van der Waals surface area contributed by atoms with E-state index in [1.165, 1.54) is 0 Å². The number of rotatable bonds is 3. The Labute approximate surface area is 89.8 Å². The van der Waals surface area contributed by atoms with Crippen molar-refractivity contribution in [3.8, 4) is 0 Å². The van der Waals surface area contributed by atoms with Crippen molar-refractivity contribution in [3.05, 3.63) is 18.3 Å².